The van der Waals surface area contributed by atoms with E-state index in [1.54, 1.807) is 0 Å². The number of hydrogen-bond donors (Lipinski definition) is 2. The summed E-state index contributed by atoms with van der Waals surface area (Å²) < 4.78 is 23.8. The maximum atomic E-state index is 13.0. The highest BCUT2D eigenvalue weighted by Crippen LogP contribution is 2.27. The lowest BCUT2D eigenvalue weighted by atomic mass is 10.1. The predicted octanol–water partition coefficient (Wildman–Crippen LogP) is 0.665. The maximum Gasteiger partial charge on any atom is 0.224 e. The molecule has 3 rings (SSSR count). The van der Waals surface area contributed by atoms with E-state index in [-0.39, 0.29) is 42.2 Å². The second-order valence-corrected chi connectivity index (χ2v) is 5.66. The van der Waals surface area contributed by atoms with Crippen molar-refractivity contribution in [2.24, 2.45) is 0 Å². The summed E-state index contributed by atoms with van der Waals surface area (Å²) >= 11 is 5.90. The van der Waals surface area contributed by atoms with E-state index in [2.05, 4.69) is 5.32 Å². The number of aliphatic hydroxyl groups is 1. The second kappa shape index (κ2) is 5.88. The van der Waals surface area contributed by atoms with Crippen molar-refractivity contribution in [2.75, 3.05) is 13.2 Å². The molecule has 0 spiro atoms. The number of ether oxygens (including phenoxy) is 2. The van der Waals surface area contributed by atoms with Crippen LogP contribution in [0.3, 0.4) is 0 Å². The van der Waals surface area contributed by atoms with Crippen LogP contribution in [0.5, 0.6) is 0 Å². The van der Waals surface area contributed by atoms with Crippen LogP contribution in [0.4, 0.5) is 4.39 Å². The smallest absolute Gasteiger partial charge is 0.224 e. The number of halogens is 2. The topological polar surface area (TPSA) is 67.8 Å². The molecule has 5 nitrogen and oxygen atoms in total. The summed E-state index contributed by atoms with van der Waals surface area (Å²) in [7, 11) is 0. The van der Waals surface area contributed by atoms with Gasteiger partial charge >= 0.3 is 0 Å². The fraction of sp³-hybridized carbons (Fsp3) is 0.500. The van der Waals surface area contributed by atoms with Crippen LogP contribution < -0.4 is 5.32 Å². The molecule has 1 aromatic rings. The number of rotatable bonds is 3. The molecule has 2 saturated heterocycles. The second-order valence-electron chi connectivity index (χ2n) is 5.25. The average Bonchev–Trinajstić information content (AvgIpc) is 2.98. The van der Waals surface area contributed by atoms with E-state index < -0.39 is 11.9 Å². The van der Waals surface area contributed by atoms with Gasteiger partial charge < -0.3 is 19.9 Å². The third-order valence-corrected chi connectivity index (χ3v) is 4.09. The Morgan fingerprint density at radius 3 is 2.90 bits per heavy atom. The number of carbonyl (C=O) groups excluding carboxylic acids is 1. The molecule has 1 amide bonds. The van der Waals surface area contributed by atoms with Crippen molar-refractivity contribution in [2.45, 2.75) is 30.8 Å². The van der Waals surface area contributed by atoms with Crippen molar-refractivity contribution in [3.05, 3.63) is 34.6 Å². The van der Waals surface area contributed by atoms with Crippen LogP contribution in [0.15, 0.2) is 18.2 Å². The minimum absolute atomic E-state index is 0.0511. The number of benzene rings is 1. The van der Waals surface area contributed by atoms with E-state index in [1.165, 1.54) is 18.2 Å². The third kappa shape index (κ3) is 3.03. The van der Waals surface area contributed by atoms with E-state index in [4.69, 9.17) is 21.1 Å². The molecule has 0 bridgehead atoms. The molecular weight excluding hydrogens is 301 g/mol. The van der Waals surface area contributed by atoms with Gasteiger partial charge in [-0.05, 0) is 17.7 Å². The molecule has 0 unspecified atom stereocenters. The Morgan fingerprint density at radius 2 is 2.14 bits per heavy atom. The van der Waals surface area contributed by atoms with Crippen molar-refractivity contribution in [1.29, 1.82) is 0 Å². The van der Waals surface area contributed by atoms with Crippen LogP contribution in [-0.4, -0.2) is 48.6 Å². The van der Waals surface area contributed by atoms with Crippen molar-refractivity contribution < 1.29 is 23.8 Å². The van der Waals surface area contributed by atoms with Crippen molar-refractivity contribution in [1.82, 2.24) is 5.32 Å². The lowest BCUT2D eigenvalue weighted by Crippen LogP contribution is -2.44. The Hall–Kier alpha value is -1.21. The molecule has 0 aliphatic carbocycles. The summed E-state index contributed by atoms with van der Waals surface area (Å²) in [5.41, 5.74) is 0.554. The highest BCUT2D eigenvalue weighted by atomic mass is 35.5. The quantitative estimate of drug-likeness (QED) is 0.860. The van der Waals surface area contributed by atoms with E-state index in [0.717, 1.165) is 0 Å². The van der Waals surface area contributed by atoms with Crippen LogP contribution in [0.1, 0.15) is 5.56 Å². The minimum Gasteiger partial charge on any atom is -0.388 e. The summed E-state index contributed by atoms with van der Waals surface area (Å²) in [5.74, 6) is -0.688. The highest BCUT2D eigenvalue weighted by molar-refractivity contribution is 6.31. The molecule has 1 aromatic carbocycles. The predicted molar refractivity (Wildman–Crippen MR) is 72.5 cm³/mol. The summed E-state index contributed by atoms with van der Waals surface area (Å²) in [6.45, 7) is 0.515. The zero-order valence-corrected chi connectivity index (χ0v) is 11.8. The zero-order valence-electron chi connectivity index (χ0n) is 11.1. The number of nitrogens with one attached hydrogen (secondary N) is 1. The van der Waals surface area contributed by atoms with Gasteiger partial charge in [-0.2, -0.15) is 0 Å². The fourth-order valence-electron chi connectivity index (χ4n) is 2.70. The zero-order chi connectivity index (χ0) is 15.0. The van der Waals surface area contributed by atoms with Gasteiger partial charge in [0.15, 0.2) is 0 Å². The van der Waals surface area contributed by atoms with Crippen molar-refractivity contribution >= 4 is 17.5 Å². The Balaban J connectivity index is 1.60. The van der Waals surface area contributed by atoms with Gasteiger partial charge in [-0.1, -0.05) is 17.7 Å². The van der Waals surface area contributed by atoms with Gasteiger partial charge in [0.1, 0.15) is 24.1 Å². The van der Waals surface area contributed by atoms with Gasteiger partial charge in [0, 0.05) is 5.02 Å². The highest BCUT2D eigenvalue weighted by Gasteiger charge is 2.47. The SMILES string of the molecule is O=C(Cc1ccc(F)cc1Cl)N[C@@H]1CO[C@H]2[C@@H]1OC[C@H]2O. The molecular formula is C14H15ClFNO4. The molecule has 4 atom stereocenters. The summed E-state index contributed by atoms with van der Waals surface area (Å²) in [4.78, 5) is 12.0. The summed E-state index contributed by atoms with van der Waals surface area (Å²) in [5, 5.41) is 12.7. The number of amides is 1. The molecule has 2 fully saturated rings. The first-order chi connectivity index (χ1) is 10.0. The Labute approximate surface area is 126 Å². The van der Waals surface area contributed by atoms with Gasteiger partial charge in [0.05, 0.1) is 25.7 Å². The summed E-state index contributed by atoms with van der Waals surface area (Å²) in [6, 6.07) is 3.63. The number of aliphatic hydroxyl groups excluding tert-OH is 1. The lowest BCUT2D eigenvalue weighted by molar-refractivity contribution is -0.121. The molecule has 2 heterocycles. The van der Waals surface area contributed by atoms with Gasteiger partial charge in [0.25, 0.3) is 0 Å². The van der Waals surface area contributed by atoms with Crippen LogP contribution in [0, 0.1) is 5.82 Å². The van der Waals surface area contributed by atoms with Gasteiger partial charge in [-0.3, -0.25) is 4.79 Å². The average molecular weight is 316 g/mol. The fourth-order valence-corrected chi connectivity index (χ4v) is 2.93. The lowest BCUT2D eigenvalue weighted by Gasteiger charge is -2.17. The Kier molecular flexibility index (Phi) is 4.12. The van der Waals surface area contributed by atoms with Crippen LogP contribution in [0.25, 0.3) is 0 Å². The van der Waals surface area contributed by atoms with E-state index in [1.807, 2.05) is 0 Å². The molecule has 0 aromatic heterocycles. The Bertz CT molecular complexity index is 556. The molecule has 21 heavy (non-hydrogen) atoms. The normalized spacial score (nSPS) is 31.2. The third-order valence-electron chi connectivity index (χ3n) is 3.74. The van der Waals surface area contributed by atoms with Gasteiger partial charge in [-0.15, -0.1) is 0 Å². The summed E-state index contributed by atoms with van der Waals surface area (Å²) in [6.07, 6.45) is -1.31. The van der Waals surface area contributed by atoms with E-state index >= 15 is 0 Å². The molecule has 7 heteroatoms. The minimum atomic E-state index is -0.650. The largest absolute Gasteiger partial charge is 0.388 e. The number of carbonyl (C=O) groups is 1. The van der Waals surface area contributed by atoms with Crippen LogP contribution in [0.2, 0.25) is 5.02 Å². The maximum absolute atomic E-state index is 13.0. The first-order valence-electron chi connectivity index (χ1n) is 6.69. The first-order valence-corrected chi connectivity index (χ1v) is 7.07. The van der Waals surface area contributed by atoms with Crippen LogP contribution >= 0.6 is 11.6 Å². The number of fused-ring (bicyclic) bond motifs is 1. The van der Waals surface area contributed by atoms with Crippen LogP contribution in [-0.2, 0) is 20.7 Å². The molecule has 0 radical (unpaired) electrons. The van der Waals surface area contributed by atoms with Crippen molar-refractivity contribution in [3.8, 4) is 0 Å². The molecule has 2 aliphatic heterocycles. The molecule has 2 aliphatic rings. The van der Waals surface area contributed by atoms with E-state index in [0.29, 0.717) is 12.2 Å². The van der Waals surface area contributed by atoms with Crippen molar-refractivity contribution in [3.63, 3.8) is 0 Å². The van der Waals surface area contributed by atoms with Gasteiger partial charge in [-0.25, -0.2) is 4.39 Å². The Morgan fingerprint density at radius 1 is 1.38 bits per heavy atom. The van der Waals surface area contributed by atoms with Gasteiger partial charge in [0.2, 0.25) is 5.91 Å². The first kappa shape index (κ1) is 14.7. The van der Waals surface area contributed by atoms with E-state index in [9.17, 15) is 14.3 Å². The monoisotopic (exact) mass is 315 g/mol. The molecule has 114 valence electrons. The molecule has 2 N–H and O–H groups in total. The molecule has 0 saturated carbocycles. The standard InChI is InChI=1S/C14H15ClFNO4/c15-9-4-8(16)2-1-7(9)3-12(19)17-10-5-20-14-11(18)6-21-13(10)14/h1-2,4,10-11,13-14,18H,3,5-6H2,(H,17,19)/t10-,11-,13-,14-/m1/s1. The number of hydrogen-bond acceptors (Lipinski definition) is 4.